The van der Waals surface area contributed by atoms with Crippen LogP contribution in [0.3, 0.4) is 0 Å². The lowest BCUT2D eigenvalue weighted by Crippen LogP contribution is -2.24. The number of aryl methyl sites for hydroxylation is 1. The second kappa shape index (κ2) is 6.10. The summed E-state index contributed by atoms with van der Waals surface area (Å²) in [4.78, 5) is 2.51. The van der Waals surface area contributed by atoms with Crippen molar-refractivity contribution >= 4 is 5.69 Å². The molecule has 0 aliphatic carbocycles. The third-order valence-electron chi connectivity index (χ3n) is 4.10. The summed E-state index contributed by atoms with van der Waals surface area (Å²) in [5.74, 6) is 0. The Bertz CT molecular complexity index is 577. The summed E-state index contributed by atoms with van der Waals surface area (Å²) in [7, 11) is 0. The van der Waals surface area contributed by atoms with Crippen LogP contribution in [0.1, 0.15) is 23.1 Å². The van der Waals surface area contributed by atoms with Crippen LogP contribution in [-0.4, -0.2) is 13.1 Å². The molecular weight excluding hydrogens is 244 g/mol. The molecule has 2 heteroatoms. The lowest BCUT2D eigenvalue weighted by atomic mass is 10.0. The minimum atomic E-state index is 0.710. The molecule has 0 atom stereocenters. The van der Waals surface area contributed by atoms with Crippen LogP contribution in [0, 0.1) is 0 Å². The zero-order valence-electron chi connectivity index (χ0n) is 11.9. The van der Waals surface area contributed by atoms with Crippen molar-refractivity contribution in [1.29, 1.82) is 0 Å². The highest BCUT2D eigenvalue weighted by atomic mass is 15.1. The van der Waals surface area contributed by atoms with Gasteiger partial charge in [0.15, 0.2) is 0 Å². The number of fused-ring (bicyclic) bond motifs is 1. The van der Waals surface area contributed by atoms with E-state index in [1.165, 1.54) is 35.2 Å². The van der Waals surface area contributed by atoms with Gasteiger partial charge in [-0.05, 0) is 48.6 Å². The van der Waals surface area contributed by atoms with Crippen molar-refractivity contribution in [3.63, 3.8) is 0 Å². The number of rotatable bonds is 3. The smallest absolute Gasteiger partial charge is 0.0432 e. The molecule has 0 fully saturated rings. The molecule has 0 saturated carbocycles. The Morgan fingerprint density at radius 1 is 0.950 bits per heavy atom. The Morgan fingerprint density at radius 2 is 1.70 bits per heavy atom. The van der Waals surface area contributed by atoms with Crippen molar-refractivity contribution in [2.75, 3.05) is 18.0 Å². The Labute approximate surface area is 121 Å². The normalized spacial score (nSPS) is 14.8. The first-order valence-electron chi connectivity index (χ1n) is 7.48. The van der Waals surface area contributed by atoms with E-state index in [0.717, 1.165) is 19.5 Å². The number of nitrogens with two attached hydrogens (primary N) is 1. The molecule has 3 rings (SSSR count). The molecule has 0 radical (unpaired) electrons. The predicted molar refractivity (Wildman–Crippen MR) is 85.0 cm³/mol. The maximum atomic E-state index is 5.75. The summed E-state index contributed by atoms with van der Waals surface area (Å²) in [6, 6.07) is 17.5. The van der Waals surface area contributed by atoms with Gasteiger partial charge < -0.3 is 10.6 Å². The summed E-state index contributed by atoms with van der Waals surface area (Å²) in [5.41, 5.74) is 11.4. The Hall–Kier alpha value is -1.80. The third kappa shape index (κ3) is 2.70. The van der Waals surface area contributed by atoms with Gasteiger partial charge in [0, 0.05) is 18.8 Å². The predicted octanol–water partition coefficient (Wildman–Crippen LogP) is 3.14. The SMILES string of the molecule is NCCc1ccccc1N1CCCc2ccccc2C1. The number of hydrogen-bond donors (Lipinski definition) is 1. The fourth-order valence-electron chi connectivity index (χ4n) is 3.09. The monoisotopic (exact) mass is 266 g/mol. The molecule has 104 valence electrons. The van der Waals surface area contributed by atoms with Crippen LogP contribution < -0.4 is 10.6 Å². The molecule has 1 heterocycles. The summed E-state index contributed by atoms with van der Waals surface area (Å²) >= 11 is 0. The van der Waals surface area contributed by atoms with Crippen molar-refractivity contribution in [3.8, 4) is 0 Å². The molecule has 0 amide bonds. The maximum absolute atomic E-state index is 5.75. The highest BCUT2D eigenvalue weighted by Gasteiger charge is 2.16. The Kier molecular flexibility index (Phi) is 4.03. The largest absolute Gasteiger partial charge is 0.367 e. The van der Waals surface area contributed by atoms with E-state index >= 15 is 0 Å². The van der Waals surface area contributed by atoms with Gasteiger partial charge in [-0.25, -0.2) is 0 Å². The standard InChI is InChI=1S/C18H22N2/c19-12-11-16-7-3-4-10-18(16)20-13-5-9-15-6-1-2-8-17(15)14-20/h1-4,6-8,10H,5,9,11-14,19H2. The minimum absolute atomic E-state index is 0.710. The van der Waals surface area contributed by atoms with E-state index in [9.17, 15) is 0 Å². The van der Waals surface area contributed by atoms with Gasteiger partial charge in [-0.2, -0.15) is 0 Å². The summed E-state index contributed by atoms with van der Waals surface area (Å²) in [5, 5.41) is 0. The average molecular weight is 266 g/mol. The van der Waals surface area contributed by atoms with E-state index in [1.807, 2.05) is 0 Å². The van der Waals surface area contributed by atoms with Crippen molar-refractivity contribution < 1.29 is 0 Å². The van der Waals surface area contributed by atoms with Gasteiger partial charge in [0.05, 0.1) is 0 Å². The number of nitrogens with zero attached hydrogens (tertiary/aromatic N) is 1. The fraction of sp³-hybridized carbons (Fsp3) is 0.333. The maximum Gasteiger partial charge on any atom is 0.0432 e. The van der Waals surface area contributed by atoms with E-state index in [4.69, 9.17) is 5.73 Å². The first kappa shape index (κ1) is 13.2. The van der Waals surface area contributed by atoms with Gasteiger partial charge in [0.1, 0.15) is 0 Å². The van der Waals surface area contributed by atoms with Crippen LogP contribution in [-0.2, 0) is 19.4 Å². The van der Waals surface area contributed by atoms with Gasteiger partial charge in [0.2, 0.25) is 0 Å². The summed E-state index contributed by atoms with van der Waals surface area (Å²) in [6.45, 7) is 2.84. The second-order valence-electron chi connectivity index (χ2n) is 5.46. The van der Waals surface area contributed by atoms with E-state index in [1.54, 1.807) is 0 Å². The van der Waals surface area contributed by atoms with Gasteiger partial charge in [-0.1, -0.05) is 42.5 Å². The Morgan fingerprint density at radius 3 is 2.55 bits per heavy atom. The molecular formula is C18H22N2. The third-order valence-corrected chi connectivity index (χ3v) is 4.10. The van der Waals surface area contributed by atoms with E-state index in [-0.39, 0.29) is 0 Å². The van der Waals surface area contributed by atoms with Crippen LogP contribution in [0.5, 0.6) is 0 Å². The number of benzene rings is 2. The number of hydrogen-bond acceptors (Lipinski definition) is 2. The molecule has 0 saturated heterocycles. The van der Waals surface area contributed by atoms with E-state index in [0.29, 0.717) is 6.54 Å². The molecule has 0 aromatic heterocycles. The molecule has 0 spiro atoms. The van der Waals surface area contributed by atoms with Crippen LogP contribution in [0.25, 0.3) is 0 Å². The van der Waals surface area contributed by atoms with Crippen LogP contribution in [0.15, 0.2) is 48.5 Å². The van der Waals surface area contributed by atoms with Gasteiger partial charge in [0.25, 0.3) is 0 Å². The second-order valence-corrected chi connectivity index (χ2v) is 5.46. The highest BCUT2D eigenvalue weighted by molar-refractivity contribution is 5.55. The number of para-hydroxylation sites is 1. The van der Waals surface area contributed by atoms with E-state index in [2.05, 4.69) is 53.4 Å². The van der Waals surface area contributed by atoms with Crippen molar-refractivity contribution in [3.05, 3.63) is 65.2 Å². The molecule has 20 heavy (non-hydrogen) atoms. The first-order valence-corrected chi connectivity index (χ1v) is 7.48. The van der Waals surface area contributed by atoms with Gasteiger partial charge in [-0.3, -0.25) is 0 Å². The lowest BCUT2D eigenvalue weighted by molar-refractivity contribution is 0.759. The lowest BCUT2D eigenvalue weighted by Gasteiger charge is -2.26. The first-order chi connectivity index (χ1) is 9.88. The molecule has 2 aromatic rings. The molecule has 1 aliphatic heterocycles. The molecule has 1 aliphatic rings. The van der Waals surface area contributed by atoms with Crippen LogP contribution >= 0.6 is 0 Å². The van der Waals surface area contributed by atoms with Crippen LogP contribution in [0.2, 0.25) is 0 Å². The van der Waals surface area contributed by atoms with E-state index < -0.39 is 0 Å². The van der Waals surface area contributed by atoms with Crippen LogP contribution in [0.4, 0.5) is 5.69 Å². The van der Waals surface area contributed by atoms with Gasteiger partial charge >= 0.3 is 0 Å². The minimum Gasteiger partial charge on any atom is -0.367 e. The van der Waals surface area contributed by atoms with Crippen molar-refractivity contribution in [2.24, 2.45) is 5.73 Å². The summed E-state index contributed by atoms with van der Waals surface area (Å²) < 4.78 is 0. The molecule has 0 unspecified atom stereocenters. The molecule has 0 bridgehead atoms. The quantitative estimate of drug-likeness (QED) is 0.924. The van der Waals surface area contributed by atoms with Crippen molar-refractivity contribution in [1.82, 2.24) is 0 Å². The Balaban J connectivity index is 1.91. The summed E-state index contributed by atoms with van der Waals surface area (Å²) in [6.07, 6.45) is 3.36. The van der Waals surface area contributed by atoms with Gasteiger partial charge in [-0.15, -0.1) is 0 Å². The fourth-order valence-corrected chi connectivity index (χ4v) is 3.09. The topological polar surface area (TPSA) is 29.3 Å². The zero-order chi connectivity index (χ0) is 13.8. The number of anilines is 1. The molecule has 2 aromatic carbocycles. The zero-order valence-corrected chi connectivity index (χ0v) is 11.9. The molecule has 2 N–H and O–H groups in total. The molecule has 2 nitrogen and oxygen atoms in total. The van der Waals surface area contributed by atoms with Crippen molar-refractivity contribution in [2.45, 2.75) is 25.8 Å². The highest BCUT2D eigenvalue weighted by Crippen LogP contribution is 2.26. The average Bonchev–Trinajstić information content (AvgIpc) is 2.70.